The van der Waals surface area contributed by atoms with Crippen molar-refractivity contribution < 1.29 is 4.57 Å². The van der Waals surface area contributed by atoms with E-state index >= 15 is 0 Å². The molecule has 0 unspecified atom stereocenters. The summed E-state index contributed by atoms with van der Waals surface area (Å²) in [6.07, 6.45) is 4.16. The fraction of sp³-hybridized carbons (Fsp3) is 0.222. The summed E-state index contributed by atoms with van der Waals surface area (Å²) in [5.74, 6) is 1.07. The zero-order chi connectivity index (χ0) is 15.0. The van der Waals surface area contributed by atoms with Crippen molar-refractivity contribution in [3.63, 3.8) is 0 Å². The Labute approximate surface area is 128 Å². The Balaban J connectivity index is 2.13. The van der Waals surface area contributed by atoms with Crippen molar-refractivity contribution in [3.8, 4) is 11.4 Å². The van der Waals surface area contributed by atoms with E-state index in [-0.39, 0.29) is 0 Å². The van der Waals surface area contributed by atoms with Gasteiger partial charge in [0.05, 0.1) is 10.9 Å². The topological polar surface area (TPSA) is 26.6 Å². The second kappa shape index (κ2) is 3.77. The zero-order valence-electron chi connectivity index (χ0n) is 13.0. The van der Waals surface area contributed by atoms with Gasteiger partial charge in [0.15, 0.2) is 6.20 Å². The number of fused-ring (bicyclic) bond motifs is 2. The average Bonchev–Trinajstić information content (AvgIpc) is 2.97. The first-order valence-electron chi connectivity index (χ1n) is 7.59. The molecule has 3 aromatic heterocycles. The standard InChI is InChI=1S/C18H17N4/c1-11-7-8-21-10-22-12(2)9-19-18(22)13-5-4-6-14-15(13)17(21)16(11)20(14)3/h4-9H,10H2,1-3H3/q+1. The van der Waals surface area contributed by atoms with Crippen LogP contribution in [0.4, 0.5) is 0 Å². The van der Waals surface area contributed by atoms with Gasteiger partial charge in [-0.05, 0) is 25.5 Å². The van der Waals surface area contributed by atoms with Gasteiger partial charge in [-0.25, -0.2) is 4.98 Å². The maximum atomic E-state index is 4.68. The third-order valence-corrected chi connectivity index (χ3v) is 4.96. The van der Waals surface area contributed by atoms with Crippen LogP contribution in [0.2, 0.25) is 0 Å². The molecule has 4 nitrogen and oxygen atoms in total. The molecule has 4 aromatic rings. The summed E-state index contributed by atoms with van der Waals surface area (Å²) in [6.45, 7) is 5.12. The highest BCUT2D eigenvalue weighted by Gasteiger charge is 2.28. The number of nitrogens with zero attached hydrogens (tertiary/aromatic N) is 4. The molecule has 4 heteroatoms. The third kappa shape index (κ3) is 1.24. The molecule has 108 valence electrons. The fourth-order valence-corrected chi connectivity index (χ4v) is 3.86. The van der Waals surface area contributed by atoms with Crippen molar-refractivity contribution in [1.82, 2.24) is 14.1 Å². The van der Waals surface area contributed by atoms with Crippen molar-refractivity contribution in [1.29, 1.82) is 0 Å². The minimum atomic E-state index is 0.811. The molecule has 0 atom stereocenters. The van der Waals surface area contributed by atoms with E-state index in [1.165, 1.54) is 38.8 Å². The van der Waals surface area contributed by atoms with Crippen molar-refractivity contribution in [2.24, 2.45) is 7.05 Å². The second-order valence-electron chi connectivity index (χ2n) is 6.22. The molecule has 1 aliphatic rings. The molecule has 0 spiro atoms. The molecule has 1 aliphatic heterocycles. The molecule has 4 heterocycles. The minimum Gasteiger partial charge on any atom is -0.338 e. The molecule has 0 aliphatic carbocycles. The Morgan fingerprint density at radius 2 is 2.05 bits per heavy atom. The predicted octanol–water partition coefficient (Wildman–Crippen LogP) is 2.92. The normalized spacial score (nSPS) is 13.0. The van der Waals surface area contributed by atoms with Crippen molar-refractivity contribution in [2.45, 2.75) is 20.5 Å². The van der Waals surface area contributed by atoms with E-state index in [0.717, 1.165) is 12.5 Å². The molecule has 22 heavy (non-hydrogen) atoms. The molecule has 1 aromatic carbocycles. The first-order valence-corrected chi connectivity index (χ1v) is 7.59. The van der Waals surface area contributed by atoms with E-state index in [4.69, 9.17) is 0 Å². The predicted molar refractivity (Wildman–Crippen MR) is 86.7 cm³/mol. The Hall–Kier alpha value is -2.62. The molecular weight excluding hydrogens is 272 g/mol. The molecule has 0 fully saturated rings. The Kier molecular flexibility index (Phi) is 2.05. The lowest BCUT2D eigenvalue weighted by Crippen LogP contribution is -2.37. The maximum absolute atomic E-state index is 4.68. The monoisotopic (exact) mass is 289 g/mol. The van der Waals surface area contributed by atoms with Gasteiger partial charge >= 0.3 is 0 Å². The van der Waals surface area contributed by atoms with Crippen LogP contribution >= 0.6 is 0 Å². The van der Waals surface area contributed by atoms with Crippen LogP contribution in [-0.4, -0.2) is 14.1 Å². The summed E-state index contributed by atoms with van der Waals surface area (Å²) < 4.78 is 6.95. The van der Waals surface area contributed by atoms with E-state index in [1.54, 1.807) is 0 Å². The lowest BCUT2D eigenvalue weighted by Gasteiger charge is -2.07. The lowest BCUT2D eigenvalue weighted by atomic mass is 10.1. The average molecular weight is 289 g/mol. The molecule has 0 saturated heterocycles. The maximum Gasteiger partial charge on any atom is 0.241 e. The number of aromatic nitrogens is 4. The molecule has 0 N–H and O–H groups in total. The number of aryl methyl sites for hydroxylation is 3. The van der Waals surface area contributed by atoms with Crippen LogP contribution in [0, 0.1) is 13.8 Å². The van der Waals surface area contributed by atoms with Gasteiger partial charge in [-0.2, -0.15) is 4.57 Å². The molecule has 0 amide bonds. The molecular formula is C18H17N4+. The fourth-order valence-electron chi connectivity index (χ4n) is 3.86. The van der Waals surface area contributed by atoms with Crippen LogP contribution in [0.3, 0.4) is 0 Å². The van der Waals surface area contributed by atoms with Gasteiger partial charge in [0.25, 0.3) is 0 Å². The second-order valence-corrected chi connectivity index (χ2v) is 6.22. The largest absolute Gasteiger partial charge is 0.338 e. The number of benzene rings is 1. The summed E-state index contributed by atoms with van der Waals surface area (Å²) in [6, 6.07) is 8.74. The summed E-state index contributed by atoms with van der Waals surface area (Å²) in [4.78, 5) is 4.68. The highest BCUT2D eigenvalue weighted by molar-refractivity contribution is 6.11. The summed E-state index contributed by atoms with van der Waals surface area (Å²) in [5, 5.41) is 1.31. The van der Waals surface area contributed by atoms with Gasteiger partial charge in [-0.1, -0.05) is 12.1 Å². The first kappa shape index (κ1) is 12.0. The van der Waals surface area contributed by atoms with Crippen LogP contribution in [0.15, 0.2) is 36.7 Å². The van der Waals surface area contributed by atoms with Gasteiger partial charge in [0.2, 0.25) is 12.2 Å². The van der Waals surface area contributed by atoms with Gasteiger partial charge in [0, 0.05) is 30.6 Å². The van der Waals surface area contributed by atoms with E-state index in [0.29, 0.717) is 0 Å². The minimum absolute atomic E-state index is 0.811. The SMILES string of the molecule is Cc1cc[n+]2c3c4c(cccc4n(C)c13)-c1ncc(C)n1C2. The number of imidazole rings is 1. The third-order valence-electron chi connectivity index (χ3n) is 4.96. The van der Waals surface area contributed by atoms with Crippen LogP contribution in [0.1, 0.15) is 11.3 Å². The summed E-state index contributed by atoms with van der Waals surface area (Å²) in [7, 11) is 2.16. The van der Waals surface area contributed by atoms with Gasteiger partial charge in [0.1, 0.15) is 11.3 Å². The van der Waals surface area contributed by atoms with Crippen molar-refractivity contribution >= 4 is 21.9 Å². The Morgan fingerprint density at radius 1 is 1.18 bits per heavy atom. The van der Waals surface area contributed by atoms with Crippen LogP contribution in [-0.2, 0) is 13.7 Å². The van der Waals surface area contributed by atoms with Crippen LogP contribution in [0.5, 0.6) is 0 Å². The number of hydrogen-bond donors (Lipinski definition) is 0. The van der Waals surface area contributed by atoms with Crippen LogP contribution < -0.4 is 4.57 Å². The van der Waals surface area contributed by atoms with E-state index in [9.17, 15) is 0 Å². The lowest BCUT2D eigenvalue weighted by molar-refractivity contribution is -0.675. The van der Waals surface area contributed by atoms with E-state index in [2.05, 4.69) is 70.0 Å². The van der Waals surface area contributed by atoms with Gasteiger partial charge < -0.3 is 4.57 Å². The molecule has 0 saturated carbocycles. The molecule has 0 radical (unpaired) electrons. The van der Waals surface area contributed by atoms with Gasteiger partial charge in [-0.15, -0.1) is 0 Å². The first-order chi connectivity index (χ1) is 10.7. The Bertz CT molecular complexity index is 1080. The number of rotatable bonds is 0. The van der Waals surface area contributed by atoms with E-state index < -0.39 is 0 Å². The highest BCUT2D eigenvalue weighted by Crippen LogP contribution is 2.36. The molecule has 5 rings (SSSR count). The number of pyridine rings is 1. The quantitative estimate of drug-likeness (QED) is 0.403. The zero-order valence-corrected chi connectivity index (χ0v) is 13.0. The smallest absolute Gasteiger partial charge is 0.241 e. The summed E-state index contributed by atoms with van der Waals surface area (Å²) in [5.41, 5.74) is 7.64. The summed E-state index contributed by atoms with van der Waals surface area (Å²) >= 11 is 0. The molecule has 0 bridgehead atoms. The van der Waals surface area contributed by atoms with Crippen LogP contribution in [0.25, 0.3) is 33.3 Å². The van der Waals surface area contributed by atoms with Gasteiger partial charge in [-0.3, -0.25) is 4.57 Å². The number of hydrogen-bond acceptors (Lipinski definition) is 1. The van der Waals surface area contributed by atoms with Crippen molar-refractivity contribution in [2.75, 3.05) is 0 Å². The van der Waals surface area contributed by atoms with Crippen molar-refractivity contribution in [3.05, 3.63) is 47.9 Å². The Morgan fingerprint density at radius 3 is 2.91 bits per heavy atom. The highest BCUT2D eigenvalue weighted by atomic mass is 15.2. The van der Waals surface area contributed by atoms with E-state index in [1.807, 2.05) is 6.20 Å².